The van der Waals surface area contributed by atoms with E-state index in [9.17, 15) is 0 Å². The number of rotatable bonds is 6. The molecule has 4 atom stereocenters. The van der Waals surface area contributed by atoms with Gasteiger partial charge >= 0.3 is 0 Å². The highest BCUT2D eigenvalue weighted by atomic mass is 15.2. The Morgan fingerprint density at radius 1 is 1.00 bits per heavy atom. The summed E-state index contributed by atoms with van der Waals surface area (Å²) < 4.78 is 0. The number of likely N-dealkylation sites (N-methyl/N-ethyl adjacent to an activating group) is 1. The van der Waals surface area contributed by atoms with Crippen molar-refractivity contribution in [2.24, 2.45) is 23.7 Å². The lowest BCUT2D eigenvalue weighted by molar-refractivity contribution is 0.0473. The molecule has 0 aliphatic heterocycles. The summed E-state index contributed by atoms with van der Waals surface area (Å²) in [6, 6.07) is 1.38. The molecule has 0 saturated heterocycles. The first kappa shape index (κ1) is 17.0. The van der Waals surface area contributed by atoms with Crippen LogP contribution in [0.1, 0.15) is 54.4 Å². The minimum absolute atomic E-state index is 0.663. The lowest BCUT2D eigenvalue weighted by atomic mass is 9.75. The summed E-state index contributed by atoms with van der Waals surface area (Å²) in [4.78, 5) is 2.77. The van der Waals surface area contributed by atoms with Crippen molar-refractivity contribution in [3.8, 4) is 0 Å². The summed E-state index contributed by atoms with van der Waals surface area (Å²) in [5, 5.41) is 3.60. The largest absolute Gasteiger partial charge is 0.315 e. The SMILES string of the molecule is CNC1CC(C)CC(C)C1N(CC(C)C)CC(C)C. The summed E-state index contributed by atoms with van der Waals surface area (Å²) >= 11 is 0. The Kier molecular flexibility index (Phi) is 6.82. The van der Waals surface area contributed by atoms with Crippen molar-refractivity contribution in [3.63, 3.8) is 0 Å². The van der Waals surface area contributed by atoms with Gasteiger partial charge in [0.15, 0.2) is 0 Å². The van der Waals surface area contributed by atoms with E-state index in [4.69, 9.17) is 0 Å². The molecular formula is C17H36N2. The second-order valence-electron chi connectivity index (χ2n) is 7.68. The molecule has 0 aromatic heterocycles. The van der Waals surface area contributed by atoms with E-state index in [2.05, 4.69) is 58.8 Å². The maximum Gasteiger partial charge on any atom is 0.0275 e. The Morgan fingerprint density at radius 3 is 1.95 bits per heavy atom. The van der Waals surface area contributed by atoms with E-state index >= 15 is 0 Å². The second kappa shape index (κ2) is 7.64. The lowest BCUT2D eigenvalue weighted by Crippen LogP contribution is -2.57. The van der Waals surface area contributed by atoms with Gasteiger partial charge in [-0.05, 0) is 43.6 Å². The van der Waals surface area contributed by atoms with Crippen molar-refractivity contribution < 1.29 is 0 Å². The molecule has 0 radical (unpaired) electrons. The third kappa shape index (κ3) is 5.07. The van der Waals surface area contributed by atoms with Crippen molar-refractivity contribution in [1.29, 1.82) is 0 Å². The van der Waals surface area contributed by atoms with E-state index in [1.807, 2.05) is 0 Å². The van der Waals surface area contributed by atoms with Crippen LogP contribution in [0.3, 0.4) is 0 Å². The molecule has 1 rings (SSSR count). The lowest BCUT2D eigenvalue weighted by Gasteiger charge is -2.47. The quantitative estimate of drug-likeness (QED) is 0.791. The zero-order chi connectivity index (χ0) is 14.6. The molecule has 1 saturated carbocycles. The summed E-state index contributed by atoms with van der Waals surface area (Å²) in [6.45, 7) is 16.7. The van der Waals surface area contributed by atoms with Crippen LogP contribution in [0.25, 0.3) is 0 Å². The van der Waals surface area contributed by atoms with Crippen molar-refractivity contribution in [2.45, 2.75) is 66.5 Å². The smallest absolute Gasteiger partial charge is 0.0275 e. The van der Waals surface area contributed by atoms with Gasteiger partial charge in [0.25, 0.3) is 0 Å². The van der Waals surface area contributed by atoms with Gasteiger partial charge in [0, 0.05) is 25.2 Å². The molecule has 0 aromatic rings. The van der Waals surface area contributed by atoms with E-state index in [1.54, 1.807) is 0 Å². The van der Waals surface area contributed by atoms with Crippen LogP contribution in [-0.2, 0) is 0 Å². The average Bonchev–Trinajstić information content (AvgIpc) is 2.25. The van der Waals surface area contributed by atoms with Crippen LogP contribution in [0.5, 0.6) is 0 Å². The fourth-order valence-electron chi connectivity index (χ4n) is 4.00. The Balaban J connectivity index is 2.83. The van der Waals surface area contributed by atoms with Gasteiger partial charge in [-0.25, -0.2) is 0 Å². The van der Waals surface area contributed by atoms with Crippen LogP contribution in [0.2, 0.25) is 0 Å². The third-order valence-electron chi connectivity index (χ3n) is 4.42. The second-order valence-corrected chi connectivity index (χ2v) is 7.68. The van der Waals surface area contributed by atoms with Gasteiger partial charge in [-0.1, -0.05) is 41.5 Å². The molecule has 1 N–H and O–H groups in total. The first-order valence-electron chi connectivity index (χ1n) is 8.26. The average molecular weight is 268 g/mol. The predicted molar refractivity (Wildman–Crippen MR) is 85.4 cm³/mol. The molecule has 0 heterocycles. The highest BCUT2D eigenvalue weighted by molar-refractivity contribution is 4.93. The van der Waals surface area contributed by atoms with Gasteiger partial charge in [0.2, 0.25) is 0 Å². The van der Waals surface area contributed by atoms with E-state index < -0.39 is 0 Å². The molecule has 19 heavy (non-hydrogen) atoms. The number of hydrogen-bond donors (Lipinski definition) is 1. The molecule has 114 valence electrons. The molecule has 0 aromatic carbocycles. The maximum atomic E-state index is 3.60. The summed E-state index contributed by atoms with van der Waals surface area (Å²) in [6.07, 6.45) is 2.72. The van der Waals surface area contributed by atoms with Crippen LogP contribution in [0, 0.1) is 23.7 Å². The maximum absolute atomic E-state index is 3.60. The van der Waals surface area contributed by atoms with E-state index in [0.717, 1.165) is 23.7 Å². The Bertz CT molecular complexity index is 240. The van der Waals surface area contributed by atoms with Gasteiger partial charge < -0.3 is 5.32 Å². The monoisotopic (exact) mass is 268 g/mol. The Hall–Kier alpha value is -0.0800. The van der Waals surface area contributed by atoms with Crippen LogP contribution in [-0.4, -0.2) is 37.1 Å². The van der Waals surface area contributed by atoms with E-state index in [-0.39, 0.29) is 0 Å². The number of nitrogens with zero attached hydrogens (tertiary/aromatic N) is 1. The Morgan fingerprint density at radius 2 is 1.53 bits per heavy atom. The molecule has 4 unspecified atom stereocenters. The summed E-state index contributed by atoms with van der Waals surface area (Å²) in [5.74, 6) is 3.17. The normalized spacial score (nSPS) is 32.5. The summed E-state index contributed by atoms with van der Waals surface area (Å²) in [7, 11) is 2.14. The first-order chi connectivity index (χ1) is 8.85. The van der Waals surface area contributed by atoms with Gasteiger partial charge in [-0.2, -0.15) is 0 Å². The minimum atomic E-state index is 0.663. The molecular weight excluding hydrogens is 232 g/mol. The third-order valence-corrected chi connectivity index (χ3v) is 4.42. The summed E-state index contributed by atoms with van der Waals surface area (Å²) in [5.41, 5.74) is 0. The van der Waals surface area contributed by atoms with Gasteiger partial charge in [0.1, 0.15) is 0 Å². The van der Waals surface area contributed by atoms with Gasteiger partial charge in [-0.15, -0.1) is 0 Å². The first-order valence-corrected chi connectivity index (χ1v) is 8.26. The molecule has 0 amide bonds. The molecule has 2 nitrogen and oxygen atoms in total. The minimum Gasteiger partial charge on any atom is -0.315 e. The fourth-order valence-corrected chi connectivity index (χ4v) is 4.00. The molecule has 1 aliphatic carbocycles. The molecule has 1 fully saturated rings. The van der Waals surface area contributed by atoms with Crippen LogP contribution in [0.4, 0.5) is 0 Å². The standard InChI is InChI=1S/C17H36N2/c1-12(2)10-19(11-13(3)4)17-15(6)8-14(5)9-16(17)18-7/h12-18H,8-11H2,1-7H3. The zero-order valence-electron chi connectivity index (χ0n) is 14.2. The highest BCUT2D eigenvalue weighted by Crippen LogP contribution is 2.33. The van der Waals surface area contributed by atoms with Crippen LogP contribution in [0.15, 0.2) is 0 Å². The molecule has 0 spiro atoms. The fraction of sp³-hybridized carbons (Fsp3) is 1.00. The highest BCUT2D eigenvalue weighted by Gasteiger charge is 2.37. The number of hydrogen-bond acceptors (Lipinski definition) is 2. The molecule has 2 heteroatoms. The van der Waals surface area contributed by atoms with Crippen molar-refractivity contribution in [1.82, 2.24) is 10.2 Å². The van der Waals surface area contributed by atoms with Crippen LogP contribution >= 0.6 is 0 Å². The van der Waals surface area contributed by atoms with Crippen molar-refractivity contribution in [3.05, 3.63) is 0 Å². The van der Waals surface area contributed by atoms with Crippen molar-refractivity contribution >= 4 is 0 Å². The molecule has 0 bridgehead atoms. The van der Waals surface area contributed by atoms with Crippen LogP contribution < -0.4 is 5.32 Å². The Labute approximate surface area is 121 Å². The van der Waals surface area contributed by atoms with Gasteiger partial charge in [-0.3, -0.25) is 4.90 Å². The number of nitrogens with one attached hydrogen (secondary N) is 1. The zero-order valence-corrected chi connectivity index (χ0v) is 14.2. The predicted octanol–water partition coefficient (Wildman–Crippen LogP) is 3.62. The van der Waals surface area contributed by atoms with E-state index in [0.29, 0.717) is 12.1 Å². The molecule has 1 aliphatic rings. The van der Waals surface area contributed by atoms with Gasteiger partial charge in [0.05, 0.1) is 0 Å². The van der Waals surface area contributed by atoms with Crippen molar-refractivity contribution in [2.75, 3.05) is 20.1 Å². The topological polar surface area (TPSA) is 15.3 Å². The van der Waals surface area contributed by atoms with E-state index in [1.165, 1.54) is 25.9 Å².